The van der Waals surface area contributed by atoms with Crippen molar-refractivity contribution < 1.29 is 0 Å². The number of fused-ring (bicyclic) bond motifs is 1. The summed E-state index contributed by atoms with van der Waals surface area (Å²) in [5, 5.41) is 12.3. The van der Waals surface area contributed by atoms with Crippen LogP contribution < -0.4 is 5.73 Å². The predicted octanol–water partition coefficient (Wildman–Crippen LogP) is 0.986. The van der Waals surface area contributed by atoms with Crippen LogP contribution in [-0.2, 0) is 25.3 Å². The lowest BCUT2D eigenvalue weighted by Gasteiger charge is -2.37. The van der Waals surface area contributed by atoms with E-state index in [1.807, 2.05) is 0 Å². The molecule has 0 saturated heterocycles. The Kier molecular flexibility index (Phi) is 3.06. The van der Waals surface area contributed by atoms with E-state index in [1.165, 1.54) is 22.3 Å². The van der Waals surface area contributed by atoms with Crippen molar-refractivity contribution in [1.82, 2.24) is 20.2 Å². The Bertz CT molecular complexity index is 577. The SMILES string of the molecule is Cn1nnc(CC2(CN)CCCc3ccccc32)n1. The molecule has 0 radical (unpaired) electrons. The summed E-state index contributed by atoms with van der Waals surface area (Å²) in [5.41, 5.74) is 8.89. The van der Waals surface area contributed by atoms with E-state index in [0.29, 0.717) is 6.54 Å². The van der Waals surface area contributed by atoms with E-state index in [-0.39, 0.29) is 5.41 Å². The Hall–Kier alpha value is -1.75. The van der Waals surface area contributed by atoms with Gasteiger partial charge in [0.25, 0.3) is 0 Å². The van der Waals surface area contributed by atoms with Crippen LogP contribution in [0.2, 0.25) is 0 Å². The second kappa shape index (κ2) is 4.74. The third kappa shape index (κ3) is 2.14. The van der Waals surface area contributed by atoms with Gasteiger partial charge in [0, 0.05) is 18.4 Å². The van der Waals surface area contributed by atoms with Crippen molar-refractivity contribution in [3.63, 3.8) is 0 Å². The molecule has 0 aliphatic heterocycles. The number of aromatic nitrogens is 4. The second-order valence-electron chi connectivity index (χ2n) is 5.37. The van der Waals surface area contributed by atoms with Crippen LogP contribution in [0.4, 0.5) is 0 Å². The van der Waals surface area contributed by atoms with Crippen LogP contribution in [0.15, 0.2) is 24.3 Å². The second-order valence-corrected chi connectivity index (χ2v) is 5.37. The summed E-state index contributed by atoms with van der Waals surface area (Å²) in [7, 11) is 1.79. The number of tetrazole rings is 1. The average Bonchev–Trinajstić information content (AvgIpc) is 2.84. The van der Waals surface area contributed by atoms with E-state index in [4.69, 9.17) is 5.73 Å². The fourth-order valence-corrected chi connectivity index (χ4v) is 3.17. The maximum Gasteiger partial charge on any atom is 0.175 e. The van der Waals surface area contributed by atoms with Crippen molar-refractivity contribution in [3.05, 3.63) is 41.2 Å². The number of rotatable bonds is 3. The molecule has 1 aliphatic rings. The molecule has 19 heavy (non-hydrogen) atoms. The molecule has 100 valence electrons. The van der Waals surface area contributed by atoms with Crippen molar-refractivity contribution >= 4 is 0 Å². The lowest BCUT2D eigenvalue weighted by atomic mass is 9.68. The molecule has 1 heterocycles. The first kappa shape index (κ1) is 12.3. The molecule has 1 aromatic heterocycles. The summed E-state index contributed by atoms with van der Waals surface area (Å²) in [5.74, 6) is 0.782. The van der Waals surface area contributed by atoms with Crippen molar-refractivity contribution in [2.45, 2.75) is 31.1 Å². The number of hydrogen-bond donors (Lipinski definition) is 1. The highest BCUT2D eigenvalue weighted by Crippen LogP contribution is 2.38. The third-order valence-corrected chi connectivity index (χ3v) is 4.13. The molecule has 1 aliphatic carbocycles. The van der Waals surface area contributed by atoms with Crippen LogP contribution in [0, 0.1) is 0 Å². The van der Waals surface area contributed by atoms with Gasteiger partial charge in [-0.2, -0.15) is 4.80 Å². The fraction of sp³-hybridized carbons (Fsp3) is 0.500. The Morgan fingerprint density at radius 1 is 1.37 bits per heavy atom. The molecule has 0 bridgehead atoms. The Morgan fingerprint density at radius 2 is 2.21 bits per heavy atom. The van der Waals surface area contributed by atoms with Crippen LogP contribution in [-0.4, -0.2) is 26.8 Å². The minimum Gasteiger partial charge on any atom is -0.330 e. The van der Waals surface area contributed by atoms with Gasteiger partial charge < -0.3 is 5.73 Å². The molecule has 1 aromatic carbocycles. The number of nitrogens with zero attached hydrogens (tertiary/aromatic N) is 4. The summed E-state index contributed by atoms with van der Waals surface area (Å²) in [4.78, 5) is 1.51. The largest absolute Gasteiger partial charge is 0.330 e. The van der Waals surface area contributed by atoms with Gasteiger partial charge >= 0.3 is 0 Å². The Labute approximate surface area is 112 Å². The molecule has 3 rings (SSSR count). The lowest BCUT2D eigenvalue weighted by molar-refractivity contribution is 0.358. The smallest absolute Gasteiger partial charge is 0.175 e. The van der Waals surface area contributed by atoms with Crippen LogP contribution in [0.25, 0.3) is 0 Å². The molecular weight excluding hydrogens is 238 g/mol. The Morgan fingerprint density at radius 3 is 2.95 bits per heavy atom. The maximum atomic E-state index is 6.12. The van der Waals surface area contributed by atoms with Crippen LogP contribution in [0.3, 0.4) is 0 Å². The number of benzene rings is 1. The topological polar surface area (TPSA) is 69.6 Å². The van der Waals surface area contributed by atoms with Gasteiger partial charge in [0.2, 0.25) is 0 Å². The summed E-state index contributed by atoms with van der Waals surface area (Å²) in [6.07, 6.45) is 4.19. The summed E-state index contributed by atoms with van der Waals surface area (Å²) in [6.45, 7) is 0.627. The first-order valence-corrected chi connectivity index (χ1v) is 6.75. The van der Waals surface area contributed by atoms with E-state index in [0.717, 1.165) is 25.1 Å². The molecule has 5 nitrogen and oxygen atoms in total. The normalized spacial score (nSPS) is 22.2. The summed E-state index contributed by atoms with van der Waals surface area (Å²) in [6, 6.07) is 8.62. The van der Waals surface area contributed by atoms with Crippen LogP contribution >= 0.6 is 0 Å². The van der Waals surface area contributed by atoms with E-state index in [9.17, 15) is 0 Å². The highest BCUT2D eigenvalue weighted by atomic mass is 15.6. The zero-order valence-corrected chi connectivity index (χ0v) is 11.2. The quantitative estimate of drug-likeness (QED) is 0.890. The number of nitrogens with two attached hydrogens (primary N) is 1. The van der Waals surface area contributed by atoms with Gasteiger partial charge in [0.05, 0.1) is 7.05 Å². The predicted molar refractivity (Wildman–Crippen MR) is 72.6 cm³/mol. The van der Waals surface area contributed by atoms with Gasteiger partial charge in [-0.1, -0.05) is 24.3 Å². The van der Waals surface area contributed by atoms with Gasteiger partial charge in [-0.15, -0.1) is 10.2 Å². The molecule has 0 spiro atoms. The van der Waals surface area contributed by atoms with Crippen molar-refractivity contribution in [2.75, 3.05) is 6.54 Å². The first-order chi connectivity index (χ1) is 9.23. The molecular formula is C14H19N5. The zero-order chi connectivity index (χ0) is 13.3. The summed E-state index contributed by atoms with van der Waals surface area (Å²) >= 11 is 0. The van der Waals surface area contributed by atoms with Crippen LogP contribution in [0.1, 0.15) is 29.8 Å². The molecule has 2 aromatic rings. The molecule has 1 unspecified atom stereocenters. The molecule has 2 N–H and O–H groups in total. The maximum absolute atomic E-state index is 6.12. The highest BCUT2D eigenvalue weighted by Gasteiger charge is 2.36. The van der Waals surface area contributed by atoms with E-state index < -0.39 is 0 Å². The zero-order valence-electron chi connectivity index (χ0n) is 11.2. The van der Waals surface area contributed by atoms with Crippen molar-refractivity contribution in [1.29, 1.82) is 0 Å². The summed E-state index contributed by atoms with van der Waals surface area (Å²) < 4.78 is 0. The molecule has 1 atom stereocenters. The van der Waals surface area contributed by atoms with Gasteiger partial charge in [-0.3, -0.25) is 0 Å². The van der Waals surface area contributed by atoms with E-state index in [2.05, 4.69) is 39.7 Å². The van der Waals surface area contributed by atoms with Gasteiger partial charge in [-0.25, -0.2) is 0 Å². The molecule has 0 saturated carbocycles. The number of aryl methyl sites for hydroxylation is 2. The molecule has 5 heteroatoms. The van der Waals surface area contributed by atoms with Crippen molar-refractivity contribution in [3.8, 4) is 0 Å². The van der Waals surface area contributed by atoms with Crippen molar-refractivity contribution in [2.24, 2.45) is 12.8 Å². The number of hydrogen-bond acceptors (Lipinski definition) is 4. The average molecular weight is 257 g/mol. The minimum atomic E-state index is -0.0299. The van der Waals surface area contributed by atoms with E-state index in [1.54, 1.807) is 7.05 Å². The molecule has 0 fully saturated rings. The lowest BCUT2D eigenvalue weighted by Crippen LogP contribution is -2.40. The molecule has 0 amide bonds. The van der Waals surface area contributed by atoms with Gasteiger partial charge in [0.1, 0.15) is 0 Å². The Balaban J connectivity index is 2.00. The highest BCUT2D eigenvalue weighted by molar-refractivity contribution is 5.38. The monoisotopic (exact) mass is 257 g/mol. The third-order valence-electron chi connectivity index (χ3n) is 4.13. The van der Waals surface area contributed by atoms with Gasteiger partial charge in [-0.05, 0) is 35.6 Å². The standard InChI is InChI=1S/C14H19N5/c1-19-17-13(16-18-19)9-14(10-15)8-4-6-11-5-2-3-7-12(11)14/h2-3,5,7H,4,6,8-10,15H2,1H3. The van der Waals surface area contributed by atoms with E-state index >= 15 is 0 Å². The minimum absolute atomic E-state index is 0.0299. The fourth-order valence-electron chi connectivity index (χ4n) is 3.17. The van der Waals surface area contributed by atoms with Gasteiger partial charge in [0.15, 0.2) is 5.82 Å². The first-order valence-electron chi connectivity index (χ1n) is 6.75. The van der Waals surface area contributed by atoms with Crippen LogP contribution in [0.5, 0.6) is 0 Å².